The van der Waals surface area contributed by atoms with Crippen molar-refractivity contribution in [3.63, 3.8) is 0 Å². The van der Waals surface area contributed by atoms with Crippen LogP contribution in [0.3, 0.4) is 0 Å². The molecule has 0 aliphatic rings. The largest absolute Gasteiger partial charge is 0.318 e. The molecule has 25 heavy (non-hydrogen) atoms. The number of imidazole rings is 1. The molecule has 3 aromatic rings. The van der Waals surface area contributed by atoms with E-state index in [0.29, 0.717) is 18.7 Å². The Morgan fingerprint density at radius 3 is 2.68 bits per heavy atom. The number of nitriles is 1. The molecule has 0 aliphatic heterocycles. The molecule has 0 radical (unpaired) electrons. The minimum atomic E-state index is 0.00934. The topological polar surface area (TPSA) is 61.9 Å². The first-order chi connectivity index (χ1) is 12.2. The SMILES string of the molecule is CN(C(=O)CSc1nc2ccccc2n1CCC#N)c1ccccc1. The quantitative estimate of drug-likeness (QED) is 0.636. The van der Waals surface area contributed by atoms with Crippen LogP contribution in [-0.2, 0) is 11.3 Å². The van der Waals surface area contributed by atoms with Crippen molar-refractivity contribution in [1.82, 2.24) is 9.55 Å². The number of rotatable bonds is 6. The summed E-state index contributed by atoms with van der Waals surface area (Å²) >= 11 is 1.41. The molecule has 2 aromatic carbocycles. The second-order valence-corrected chi connectivity index (χ2v) is 6.46. The van der Waals surface area contributed by atoms with Gasteiger partial charge < -0.3 is 9.47 Å². The zero-order valence-corrected chi connectivity index (χ0v) is 14.7. The molecule has 0 spiro atoms. The van der Waals surface area contributed by atoms with Crippen molar-refractivity contribution in [3.8, 4) is 6.07 Å². The van der Waals surface area contributed by atoms with Crippen LogP contribution in [-0.4, -0.2) is 28.3 Å². The van der Waals surface area contributed by atoms with Crippen molar-refractivity contribution < 1.29 is 4.79 Å². The summed E-state index contributed by atoms with van der Waals surface area (Å²) in [5.74, 6) is 0.302. The molecule has 0 bridgehead atoms. The Hall–Kier alpha value is -2.78. The van der Waals surface area contributed by atoms with Crippen LogP contribution in [0.5, 0.6) is 0 Å². The third-order valence-electron chi connectivity index (χ3n) is 3.91. The van der Waals surface area contributed by atoms with Crippen LogP contribution in [0, 0.1) is 11.3 Å². The van der Waals surface area contributed by atoms with E-state index >= 15 is 0 Å². The Balaban J connectivity index is 1.76. The normalized spacial score (nSPS) is 10.6. The summed E-state index contributed by atoms with van der Waals surface area (Å²) in [6.45, 7) is 0.571. The number of hydrogen-bond donors (Lipinski definition) is 0. The molecule has 0 unspecified atom stereocenters. The smallest absolute Gasteiger partial charge is 0.237 e. The van der Waals surface area contributed by atoms with Crippen molar-refractivity contribution in [2.24, 2.45) is 0 Å². The number of thioether (sulfide) groups is 1. The number of carbonyl (C=O) groups is 1. The number of amides is 1. The highest BCUT2D eigenvalue weighted by molar-refractivity contribution is 7.99. The predicted octanol–water partition coefficient (Wildman–Crippen LogP) is 3.71. The van der Waals surface area contributed by atoms with Crippen LogP contribution in [0.25, 0.3) is 11.0 Å². The summed E-state index contributed by atoms with van der Waals surface area (Å²) in [4.78, 5) is 18.7. The molecule has 0 saturated heterocycles. The maximum absolute atomic E-state index is 12.5. The van der Waals surface area contributed by atoms with Crippen LogP contribution in [0.1, 0.15) is 6.42 Å². The fourth-order valence-corrected chi connectivity index (χ4v) is 3.51. The van der Waals surface area contributed by atoms with Crippen molar-refractivity contribution in [3.05, 3.63) is 54.6 Å². The summed E-state index contributed by atoms with van der Waals surface area (Å²) in [6.07, 6.45) is 0.409. The van der Waals surface area contributed by atoms with Gasteiger partial charge in [-0.3, -0.25) is 4.79 Å². The van der Waals surface area contributed by atoms with Gasteiger partial charge in [0, 0.05) is 19.3 Å². The molecule has 1 amide bonds. The molecule has 5 nitrogen and oxygen atoms in total. The van der Waals surface area contributed by atoms with Gasteiger partial charge in [-0.1, -0.05) is 42.1 Å². The Kier molecular flexibility index (Phi) is 5.36. The zero-order chi connectivity index (χ0) is 17.6. The Labute approximate surface area is 150 Å². The van der Waals surface area contributed by atoms with E-state index in [2.05, 4.69) is 11.1 Å². The van der Waals surface area contributed by atoms with Gasteiger partial charge in [0.25, 0.3) is 0 Å². The molecular weight excluding hydrogens is 332 g/mol. The van der Waals surface area contributed by atoms with E-state index in [0.717, 1.165) is 21.9 Å². The minimum Gasteiger partial charge on any atom is -0.318 e. The van der Waals surface area contributed by atoms with E-state index in [1.807, 2.05) is 59.2 Å². The van der Waals surface area contributed by atoms with Gasteiger partial charge in [0.1, 0.15) is 0 Å². The van der Waals surface area contributed by atoms with Gasteiger partial charge in [0.05, 0.1) is 29.3 Å². The highest BCUT2D eigenvalue weighted by Gasteiger charge is 2.15. The van der Waals surface area contributed by atoms with E-state index in [-0.39, 0.29) is 5.91 Å². The van der Waals surface area contributed by atoms with E-state index in [1.54, 1.807) is 11.9 Å². The summed E-state index contributed by atoms with van der Waals surface area (Å²) in [5.41, 5.74) is 2.74. The summed E-state index contributed by atoms with van der Waals surface area (Å²) in [5, 5.41) is 9.66. The van der Waals surface area contributed by atoms with E-state index in [9.17, 15) is 4.79 Å². The number of anilines is 1. The van der Waals surface area contributed by atoms with Crippen LogP contribution >= 0.6 is 11.8 Å². The van der Waals surface area contributed by atoms with Crippen LogP contribution in [0.15, 0.2) is 59.8 Å². The lowest BCUT2D eigenvalue weighted by atomic mass is 10.3. The van der Waals surface area contributed by atoms with Crippen LogP contribution in [0.2, 0.25) is 0 Å². The number of fused-ring (bicyclic) bond motifs is 1. The molecule has 0 N–H and O–H groups in total. The molecular formula is C19H18N4OS. The second-order valence-electron chi connectivity index (χ2n) is 5.52. The van der Waals surface area contributed by atoms with Gasteiger partial charge in [-0.2, -0.15) is 5.26 Å². The van der Waals surface area contributed by atoms with Gasteiger partial charge >= 0.3 is 0 Å². The van der Waals surface area contributed by atoms with Gasteiger partial charge in [-0.15, -0.1) is 0 Å². The lowest BCUT2D eigenvalue weighted by Gasteiger charge is -2.17. The molecule has 0 aliphatic carbocycles. The number of aryl methyl sites for hydroxylation is 1. The average molecular weight is 350 g/mol. The summed E-state index contributed by atoms with van der Waals surface area (Å²) in [6, 6.07) is 19.6. The third kappa shape index (κ3) is 3.83. The van der Waals surface area contributed by atoms with Crippen LogP contribution in [0.4, 0.5) is 5.69 Å². The first kappa shape index (κ1) is 17.1. The van der Waals surface area contributed by atoms with Gasteiger partial charge in [0.2, 0.25) is 5.91 Å². The first-order valence-electron chi connectivity index (χ1n) is 7.97. The number of carbonyl (C=O) groups excluding carboxylic acids is 1. The number of para-hydroxylation sites is 3. The van der Waals surface area contributed by atoms with Crippen molar-refractivity contribution in [1.29, 1.82) is 5.26 Å². The fourth-order valence-electron chi connectivity index (χ4n) is 2.56. The Bertz CT molecular complexity index is 914. The standard InChI is InChI=1S/C19H18N4OS/c1-22(15-8-3-2-4-9-15)18(24)14-25-19-21-16-10-5-6-11-17(16)23(19)13-7-12-20/h2-6,8-11H,7,13-14H2,1H3. The monoisotopic (exact) mass is 350 g/mol. The van der Waals surface area contributed by atoms with Gasteiger partial charge in [-0.05, 0) is 24.3 Å². The Morgan fingerprint density at radius 1 is 1.20 bits per heavy atom. The van der Waals surface area contributed by atoms with Crippen molar-refractivity contribution >= 4 is 34.4 Å². The zero-order valence-electron chi connectivity index (χ0n) is 13.9. The molecule has 0 atom stereocenters. The number of aromatic nitrogens is 2. The Morgan fingerprint density at radius 2 is 1.92 bits per heavy atom. The lowest BCUT2D eigenvalue weighted by Crippen LogP contribution is -2.27. The summed E-state index contributed by atoms with van der Waals surface area (Å²) < 4.78 is 2.01. The highest BCUT2D eigenvalue weighted by Crippen LogP contribution is 2.25. The molecule has 3 rings (SSSR count). The van der Waals surface area contributed by atoms with Gasteiger partial charge in [0.15, 0.2) is 5.16 Å². The number of benzene rings is 2. The number of hydrogen-bond acceptors (Lipinski definition) is 4. The van der Waals surface area contributed by atoms with E-state index < -0.39 is 0 Å². The number of nitrogens with zero attached hydrogens (tertiary/aromatic N) is 4. The highest BCUT2D eigenvalue weighted by atomic mass is 32.2. The average Bonchev–Trinajstić information content (AvgIpc) is 3.02. The van der Waals surface area contributed by atoms with Crippen molar-refractivity contribution in [2.45, 2.75) is 18.1 Å². The van der Waals surface area contributed by atoms with Crippen molar-refractivity contribution in [2.75, 3.05) is 17.7 Å². The molecule has 0 fully saturated rings. The molecule has 6 heteroatoms. The first-order valence-corrected chi connectivity index (χ1v) is 8.96. The summed E-state index contributed by atoms with van der Waals surface area (Å²) in [7, 11) is 1.77. The maximum atomic E-state index is 12.5. The third-order valence-corrected chi connectivity index (χ3v) is 4.87. The minimum absolute atomic E-state index is 0.00934. The van der Waals surface area contributed by atoms with E-state index in [1.165, 1.54) is 11.8 Å². The molecule has 1 heterocycles. The fraction of sp³-hybridized carbons (Fsp3) is 0.211. The molecule has 1 aromatic heterocycles. The molecule has 126 valence electrons. The van der Waals surface area contributed by atoms with E-state index in [4.69, 9.17) is 5.26 Å². The second kappa shape index (κ2) is 7.86. The molecule has 0 saturated carbocycles. The predicted molar refractivity (Wildman–Crippen MR) is 101 cm³/mol. The lowest BCUT2D eigenvalue weighted by molar-refractivity contribution is -0.115. The van der Waals surface area contributed by atoms with Crippen LogP contribution < -0.4 is 4.90 Å². The van der Waals surface area contributed by atoms with Gasteiger partial charge in [-0.25, -0.2) is 4.98 Å². The maximum Gasteiger partial charge on any atom is 0.237 e.